The second-order valence-corrected chi connectivity index (χ2v) is 8.17. The third-order valence-corrected chi connectivity index (χ3v) is 5.77. The van der Waals surface area contributed by atoms with E-state index in [1.807, 2.05) is 11.0 Å². The lowest BCUT2D eigenvalue weighted by molar-refractivity contribution is -0.239. The topological polar surface area (TPSA) is 79.6 Å². The van der Waals surface area contributed by atoms with Gasteiger partial charge in [0.1, 0.15) is 11.9 Å². The number of nitrogens with one attached hydrogen (secondary N) is 1. The van der Waals surface area contributed by atoms with E-state index in [0.717, 1.165) is 13.1 Å². The van der Waals surface area contributed by atoms with Crippen LogP contribution in [0.5, 0.6) is 5.75 Å². The standard InChI is InChI=1S/C23H26F2N4O3/c1-2-30-18-5-4-17(21(24)22(18)25)11-29(19-6-3-16(9-26)10-28-19)8-7-20-31-14-23(15-32-20)12-27-13-23/h3-6,10,20,27H,2,7-8,11-15H2,1H3. The molecule has 2 aliphatic rings. The second kappa shape index (κ2) is 9.77. The van der Waals surface area contributed by atoms with Crippen LogP contribution in [0.1, 0.15) is 24.5 Å². The number of benzene rings is 1. The molecule has 1 aromatic carbocycles. The predicted octanol–water partition coefficient (Wildman–Crippen LogP) is 2.99. The minimum atomic E-state index is -1.00. The molecule has 7 nitrogen and oxygen atoms in total. The van der Waals surface area contributed by atoms with Gasteiger partial charge in [-0.25, -0.2) is 9.37 Å². The highest BCUT2D eigenvalue weighted by molar-refractivity contribution is 5.43. The summed E-state index contributed by atoms with van der Waals surface area (Å²) in [6, 6.07) is 8.31. The van der Waals surface area contributed by atoms with Crippen LogP contribution in [0.3, 0.4) is 0 Å². The van der Waals surface area contributed by atoms with Gasteiger partial charge in [-0.3, -0.25) is 0 Å². The van der Waals surface area contributed by atoms with Crippen molar-refractivity contribution >= 4 is 5.82 Å². The Bertz CT molecular complexity index is 966. The minimum Gasteiger partial charge on any atom is -0.491 e. The monoisotopic (exact) mass is 444 g/mol. The molecular formula is C23H26F2N4O3. The fraction of sp³-hybridized carbons (Fsp3) is 0.478. The van der Waals surface area contributed by atoms with Crippen LogP contribution >= 0.6 is 0 Å². The van der Waals surface area contributed by atoms with Crippen molar-refractivity contribution in [2.24, 2.45) is 5.41 Å². The molecule has 1 spiro atoms. The molecular weight excluding hydrogens is 418 g/mol. The molecule has 2 saturated heterocycles. The molecule has 1 aromatic heterocycles. The van der Waals surface area contributed by atoms with Gasteiger partial charge in [-0.15, -0.1) is 0 Å². The third-order valence-electron chi connectivity index (χ3n) is 5.77. The molecule has 4 rings (SSSR count). The molecule has 0 aliphatic carbocycles. The maximum Gasteiger partial charge on any atom is 0.200 e. The van der Waals surface area contributed by atoms with Crippen molar-refractivity contribution in [1.82, 2.24) is 10.3 Å². The number of nitriles is 1. The van der Waals surface area contributed by atoms with Crippen molar-refractivity contribution in [3.8, 4) is 11.8 Å². The Morgan fingerprint density at radius 1 is 1.22 bits per heavy atom. The van der Waals surface area contributed by atoms with Crippen molar-refractivity contribution in [1.29, 1.82) is 5.26 Å². The van der Waals surface area contributed by atoms with E-state index in [-0.39, 0.29) is 36.2 Å². The number of rotatable bonds is 8. The largest absolute Gasteiger partial charge is 0.491 e. The zero-order valence-electron chi connectivity index (χ0n) is 17.9. The maximum atomic E-state index is 14.7. The van der Waals surface area contributed by atoms with Gasteiger partial charge in [0.25, 0.3) is 0 Å². The van der Waals surface area contributed by atoms with Gasteiger partial charge in [0.05, 0.1) is 25.4 Å². The van der Waals surface area contributed by atoms with Gasteiger partial charge in [0.15, 0.2) is 17.9 Å². The van der Waals surface area contributed by atoms with Crippen LogP contribution in [0.15, 0.2) is 30.5 Å². The Morgan fingerprint density at radius 3 is 2.59 bits per heavy atom. The van der Waals surface area contributed by atoms with Gasteiger partial charge < -0.3 is 24.4 Å². The summed E-state index contributed by atoms with van der Waals surface area (Å²) in [4.78, 5) is 6.15. The van der Waals surface area contributed by atoms with E-state index in [1.165, 1.54) is 18.3 Å². The molecule has 0 saturated carbocycles. The molecule has 1 N–H and O–H groups in total. The lowest BCUT2D eigenvalue weighted by Gasteiger charge is -2.46. The van der Waals surface area contributed by atoms with Crippen LogP contribution in [0.2, 0.25) is 0 Å². The first kappa shape index (κ1) is 22.4. The third kappa shape index (κ3) is 4.83. The summed E-state index contributed by atoms with van der Waals surface area (Å²) in [5, 5.41) is 12.3. The zero-order valence-corrected chi connectivity index (χ0v) is 17.9. The van der Waals surface area contributed by atoms with E-state index in [0.29, 0.717) is 37.6 Å². The number of aromatic nitrogens is 1. The van der Waals surface area contributed by atoms with E-state index in [1.54, 1.807) is 19.1 Å². The van der Waals surface area contributed by atoms with E-state index in [9.17, 15) is 8.78 Å². The molecule has 0 atom stereocenters. The molecule has 32 heavy (non-hydrogen) atoms. The van der Waals surface area contributed by atoms with Crippen molar-refractivity contribution < 1.29 is 23.0 Å². The Hall–Kier alpha value is -2.80. The number of hydrogen-bond acceptors (Lipinski definition) is 7. The average Bonchev–Trinajstić information content (AvgIpc) is 2.80. The van der Waals surface area contributed by atoms with Crippen LogP contribution in [0.4, 0.5) is 14.6 Å². The van der Waals surface area contributed by atoms with Crippen molar-refractivity contribution in [3.05, 3.63) is 53.2 Å². The highest BCUT2D eigenvalue weighted by atomic mass is 19.2. The first-order chi connectivity index (χ1) is 15.5. The Labute approximate surface area is 185 Å². The van der Waals surface area contributed by atoms with E-state index >= 15 is 0 Å². The number of ether oxygens (including phenoxy) is 3. The predicted molar refractivity (Wildman–Crippen MR) is 113 cm³/mol. The first-order valence-corrected chi connectivity index (χ1v) is 10.7. The zero-order chi connectivity index (χ0) is 22.6. The lowest BCUT2D eigenvalue weighted by atomic mass is 9.83. The molecule has 2 fully saturated rings. The van der Waals surface area contributed by atoms with E-state index in [4.69, 9.17) is 19.5 Å². The SMILES string of the molecule is CCOc1ccc(CN(CCC2OCC3(CNC3)CO2)c2ccc(C#N)cn2)c(F)c1F. The summed E-state index contributed by atoms with van der Waals surface area (Å²) in [6.07, 6.45) is 1.62. The van der Waals surface area contributed by atoms with Gasteiger partial charge in [-0.05, 0) is 25.1 Å². The summed E-state index contributed by atoms with van der Waals surface area (Å²) in [7, 11) is 0. The average molecular weight is 444 g/mol. The smallest absolute Gasteiger partial charge is 0.200 e. The quantitative estimate of drug-likeness (QED) is 0.671. The van der Waals surface area contributed by atoms with Gasteiger partial charge >= 0.3 is 0 Å². The molecule has 2 aromatic rings. The molecule has 0 bridgehead atoms. The number of nitrogens with zero attached hydrogens (tertiary/aromatic N) is 3. The van der Waals surface area contributed by atoms with Crippen molar-refractivity contribution in [2.75, 3.05) is 44.4 Å². The highest BCUT2D eigenvalue weighted by Gasteiger charge is 2.42. The van der Waals surface area contributed by atoms with Gasteiger partial charge in [0, 0.05) is 49.8 Å². The Morgan fingerprint density at radius 2 is 2.00 bits per heavy atom. The van der Waals surface area contributed by atoms with Crippen LogP contribution in [0, 0.1) is 28.4 Å². The first-order valence-electron chi connectivity index (χ1n) is 10.7. The van der Waals surface area contributed by atoms with Crippen LogP contribution in [-0.4, -0.2) is 50.7 Å². The fourth-order valence-electron chi connectivity index (χ4n) is 3.82. The summed E-state index contributed by atoms with van der Waals surface area (Å²) in [6.45, 7) is 5.56. The highest BCUT2D eigenvalue weighted by Crippen LogP contribution is 2.30. The molecule has 0 unspecified atom stereocenters. The van der Waals surface area contributed by atoms with E-state index in [2.05, 4.69) is 10.3 Å². The number of pyridine rings is 1. The van der Waals surface area contributed by atoms with Gasteiger partial charge in [-0.2, -0.15) is 9.65 Å². The normalized spacial score (nSPS) is 17.6. The Kier molecular flexibility index (Phi) is 6.84. The van der Waals surface area contributed by atoms with Crippen molar-refractivity contribution in [2.45, 2.75) is 26.2 Å². The summed E-state index contributed by atoms with van der Waals surface area (Å²) in [5.41, 5.74) is 0.681. The molecule has 2 aliphatic heterocycles. The van der Waals surface area contributed by atoms with Crippen LogP contribution in [-0.2, 0) is 16.0 Å². The lowest BCUT2D eigenvalue weighted by Crippen LogP contribution is -2.61. The maximum absolute atomic E-state index is 14.7. The molecule has 0 radical (unpaired) electrons. The number of anilines is 1. The summed E-state index contributed by atoms with van der Waals surface area (Å²) >= 11 is 0. The fourth-order valence-corrected chi connectivity index (χ4v) is 3.82. The molecule has 9 heteroatoms. The molecule has 3 heterocycles. The van der Waals surface area contributed by atoms with Crippen LogP contribution in [0.25, 0.3) is 0 Å². The summed E-state index contributed by atoms with van der Waals surface area (Å²) in [5.74, 6) is -1.51. The van der Waals surface area contributed by atoms with E-state index < -0.39 is 11.6 Å². The molecule has 0 amide bonds. The Balaban J connectivity index is 1.48. The van der Waals surface area contributed by atoms with Crippen molar-refractivity contribution in [3.63, 3.8) is 0 Å². The number of hydrogen-bond donors (Lipinski definition) is 1. The van der Waals surface area contributed by atoms with Gasteiger partial charge in [0.2, 0.25) is 5.82 Å². The molecule has 170 valence electrons. The summed E-state index contributed by atoms with van der Waals surface area (Å²) < 4.78 is 46.0. The van der Waals surface area contributed by atoms with Gasteiger partial charge in [-0.1, -0.05) is 6.07 Å². The van der Waals surface area contributed by atoms with Crippen LogP contribution < -0.4 is 15.0 Å². The second-order valence-electron chi connectivity index (χ2n) is 8.17. The number of halogens is 2. The minimum absolute atomic E-state index is 0.0772.